The van der Waals surface area contributed by atoms with E-state index < -0.39 is 0 Å². The summed E-state index contributed by atoms with van der Waals surface area (Å²) in [5, 5.41) is 3.37. The largest absolute Gasteiger partial charge is 0.338 e. The first-order valence-electron chi connectivity index (χ1n) is 4.84. The Morgan fingerprint density at radius 1 is 1.77 bits per heavy atom. The fraction of sp³-hybridized carbons (Fsp3) is 0.700. The second-order valence-electron chi connectivity index (χ2n) is 3.51. The number of nitrogens with zero attached hydrogens (tertiary/aromatic N) is 1. The number of carbonyl (C=O) groups excluding carboxylic acids is 1. The van der Waals surface area contributed by atoms with Crippen LogP contribution in [-0.2, 0) is 4.79 Å². The fourth-order valence-corrected chi connectivity index (χ4v) is 1.67. The second kappa shape index (κ2) is 5.02. The van der Waals surface area contributed by atoms with E-state index in [4.69, 9.17) is 0 Å². The van der Waals surface area contributed by atoms with E-state index >= 15 is 0 Å². The number of rotatable bonds is 4. The first-order valence-corrected chi connectivity index (χ1v) is 4.84. The van der Waals surface area contributed by atoms with Crippen LogP contribution in [0, 0.1) is 0 Å². The summed E-state index contributed by atoms with van der Waals surface area (Å²) in [5.41, 5.74) is 0. The standard InChI is InChI=1S/C10H18N2O/c1-3-7-12(9(2)13)8-10-5-4-6-11-10/h3,10-11H,1,4-8H2,2H3. The summed E-state index contributed by atoms with van der Waals surface area (Å²) in [7, 11) is 0. The van der Waals surface area contributed by atoms with Crippen LogP contribution < -0.4 is 5.32 Å². The average Bonchev–Trinajstić information content (AvgIpc) is 2.56. The molecule has 1 rings (SSSR count). The van der Waals surface area contributed by atoms with E-state index in [2.05, 4.69) is 11.9 Å². The highest BCUT2D eigenvalue weighted by molar-refractivity contribution is 5.73. The van der Waals surface area contributed by atoms with E-state index in [1.54, 1.807) is 13.0 Å². The monoisotopic (exact) mass is 182 g/mol. The summed E-state index contributed by atoms with van der Waals surface area (Å²) >= 11 is 0. The third kappa shape index (κ3) is 3.19. The fourth-order valence-electron chi connectivity index (χ4n) is 1.67. The Kier molecular flexibility index (Phi) is 3.96. The van der Waals surface area contributed by atoms with Crippen LogP contribution in [0.2, 0.25) is 0 Å². The second-order valence-corrected chi connectivity index (χ2v) is 3.51. The van der Waals surface area contributed by atoms with Crippen LogP contribution in [0.1, 0.15) is 19.8 Å². The Morgan fingerprint density at radius 2 is 2.54 bits per heavy atom. The third-order valence-corrected chi connectivity index (χ3v) is 2.40. The molecule has 1 aliphatic rings. The van der Waals surface area contributed by atoms with Gasteiger partial charge in [0.05, 0.1) is 0 Å². The van der Waals surface area contributed by atoms with Gasteiger partial charge in [-0.05, 0) is 19.4 Å². The molecule has 0 saturated carbocycles. The molecule has 1 aliphatic heterocycles. The highest BCUT2D eigenvalue weighted by Crippen LogP contribution is 2.06. The number of hydrogen-bond acceptors (Lipinski definition) is 2. The lowest BCUT2D eigenvalue weighted by Gasteiger charge is -2.23. The maximum atomic E-state index is 11.2. The van der Waals surface area contributed by atoms with E-state index in [0.29, 0.717) is 12.6 Å². The zero-order valence-electron chi connectivity index (χ0n) is 8.25. The van der Waals surface area contributed by atoms with Crippen LogP contribution in [0.3, 0.4) is 0 Å². The van der Waals surface area contributed by atoms with Crippen molar-refractivity contribution in [2.24, 2.45) is 0 Å². The van der Waals surface area contributed by atoms with Gasteiger partial charge in [-0.25, -0.2) is 0 Å². The van der Waals surface area contributed by atoms with Gasteiger partial charge in [0.2, 0.25) is 5.91 Å². The smallest absolute Gasteiger partial charge is 0.219 e. The maximum Gasteiger partial charge on any atom is 0.219 e. The van der Waals surface area contributed by atoms with Gasteiger partial charge < -0.3 is 10.2 Å². The molecule has 0 aromatic carbocycles. The predicted molar refractivity (Wildman–Crippen MR) is 53.5 cm³/mol. The summed E-state index contributed by atoms with van der Waals surface area (Å²) < 4.78 is 0. The minimum atomic E-state index is 0.133. The van der Waals surface area contributed by atoms with Gasteiger partial charge in [-0.15, -0.1) is 6.58 Å². The van der Waals surface area contributed by atoms with Gasteiger partial charge in [0.25, 0.3) is 0 Å². The molecule has 0 aliphatic carbocycles. The first kappa shape index (κ1) is 10.3. The van der Waals surface area contributed by atoms with E-state index in [1.807, 2.05) is 4.90 Å². The molecule has 3 heteroatoms. The van der Waals surface area contributed by atoms with E-state index in [1.165, 1.54) is 12.8 Å². The average molecular weight is 182 g/mol. The third-order valence-electron chi connectivity index (χ3n) is 2.40. The number of hydrogen-bond donors (Lipinski definition) is 1. The normalized spacial score (nSPS) is 21.5. The molecular weight excluding hydrogens is 164 g/mol. The molecule has 1 unspecified atom stereocenters. The van der Waals surface area contributed by atoms with Gasteiger partial charge in [-0.2, -0.15) is 0 Å². The molecule has 1 N–H and O–H groups in total. The van der Waals surface area contributed by atoms with Crippen molar-refractivity contribution < 1.29 is 4.79 Å². The lowest BCUT2D eigenvalue weighted by atomic mass is 10.2. The van der Waals surface area contributed by atoms with Crippen LogP contribution in [0.5, 0.6) is 0 Å². The highest BCUT2D eigenvalue weighted by Gasteiger charge is 2.18. The first-order chi connectivity index (χ1) is 6.24. The molecule has 1 fully saturated rings. The minimum absolute atomic E-state index is 0.133. The van der Waals surface area contributed by atoms with Crippen molar-refractivity contribution in [1.82, 2.24) is 10.2 Å². The number of nitrogens with one attached hydrogen (secondary N) is 1. The molecule has 0 aromatic heterocycles. The molecule has 1 heterocycles. The Bertz CT molecular complexity index is 185. The summed E-state index contributed by atoms with van der Waals surface area (Å²) in [6, 6.07) is 0.490. The molecule has 74 valence electrons. The Labute approximate surface area is 79.8 Å². The molecule has 0 aromatic rings. The molecule has 0 bridgehead atoms. The molecule has 1 atom stereocenters. The number of amides is 1. The minimum Gasteiger partial charge on any atom is -0.338 e. The van der Waals surface area contributed by atoms with Crippen molar-refractivity contribution >= 4 is 5.91 Å². The quantitative estimate of drug-likeness (QED) is 0.651. The van der Waals surface area contributed by atoms with Gasteiger partial charge in [-0.3, -0.25) is 4.79 Å². The Hall–Kier alpha value is -0.830. The van der Waals surface area contributed by atoms with Gasteiger partial charge in [-0.1, -0.05) is 6.08 Å². The van der Waals surface area contributed by atoms with Crippen LogP contribution in [0.25, 0.3) is 0 Å². The Morgan fingerprint density at radius 3 is 3.00 bits per heavy atom. The molecule has 3 nitrogen and oxygen atoms in total. The summed E-state index contributed by atoms with van der Waals surface area (Å²) in [6.45, 7) is 7.82. The lowest BCUT2D eigenvalue weighted by Crippen LogP contribution is -2.40. The topological polar surface area (TPSA) is 32.3 Å². The lowest BCUT2D eigenvalue weighted by molar-refractivity contribution is -0.128. The summed E-state index contributed by atoms with van der Waals surface area (Å²) in [4.78, 5) is 13.0. The highest BCUT2D eigenvalue weighted by atomic mass is 16.2. The van der Waals surface area contributed by atoms with Crippen LogP contribution in [-0.4, -0.2) is 36.5 Å². The number of carbonyl (C=O) groups is 1. The van der Waals surface area contributed by atoms with Gasteiger partial charge in [0.15, 0.2) is 0 Å². The molecule has 0 spiro atoms. The Balaban J connectivity index is 2.36. The van der Waals surface area contributed by atoms with Crippen LogP contribution in [0.4, 0.5) is 0 Å². The van der Waals surface area contributed by atoms with Crippen molar-refractivity contribution in [3.63, 3.8) is 0 Å². The summed E-state index contributed by atoms with van der Waals surface area (Å²) in [5.74, 6) is 0.133. The van der Waals surface area contributed by atoms with E-state index in [9.17, 15) is 4.79 Å². The van der Waals surface area contributed by atoms with Crippen molar-refractivity contribution in [3.05, 3.63) is 12.7 Å². The summed E-state index contributed by atoms with van der Waals surface area (Å²) in [6.07, 6.45) is 4.18. The maximum absolute atomic E-state index is 11.2. The SMILES string of the molecule is C=CCN(CC1CCCN1)C(C)=O. The molecule has 1 amide bonds. The van der Waals surface area contributed by atoms with Crippen molar-refractivity contribution in [2.45, 2.75) is 25.8 Å². The predicted octanol–water partition coefficient (Wildman–Crippen LogP) is 0.773. The zero-order chi connectivity index (χ0) is 9.68. The molecule has 1 saturated heterocycles. The van der Waals surface area contributed by atoms with E-state index in [-0.39, 0.29) is 5.91 Å². The van der Waals surface area contributed by atoms with E-state index in [0.717, 1.165) is 13.1 Å². The van der Waals surface area contributed by atoms with Gasteiger partial charge >= 0.3 is 0 Å². The van der Waals surface area contributed by atoms with Crippen LogP contribution in [0.15, 0.2) is 12.7 Å². The molecule has 13 heavy (non-hydrogen) atoms. The van der Waals surface area contributed by atoms with Crippen molar-refractivity contribution in [2.75, 3.05) is 19.6 Å². The molecular formula is C10H18N2O. The van der Waals surface area contributed by atoms with Crippen molar-refractivity contribution in [3.8, 4) is 0 Å². The molecule has 0 radical (unpaired) electrons. The van der Waals surface area contributed by atoms with Crippen molar-refractivity contribution in [1.29, 1.82) is 0 Å². The van der Waals surface area contributed by atoms with Crippen LogP contribution >= 0.6 is 0 Å². The zero-order valence-corrected chi connectivity index (χ0v) is 8.25. The van der Waals surface area contributed by atoms with Gasteiger partial charge in [0, 0.05) is 26.1 Å². The van der Waals surface area contributed by atoms with Gasteiger partial charge in [0.1, 0.15) is 0 Å².